The second-order valence-corrected chi connectivity index (χ2v) is 4.83. The van der Waals surface area contributed by atoms with E-state index in [9.17, 15) is 0 Å². The number of aryl methyl sites for hydroxylation is 1. The van der Waals surface area contributed by atoms with Gasteiger partial charge in [-0.3, -0.25) is 0 Å². The third-order valence-corrected chi connectivity index (χ3v) is 2.77. The maximum Gasteiger partial charge on any atom is 0.0950 e. The molecule has 0 aliphatic heterocycles. The molecule has 0 fully saturated rings. The molecular weight excluding hydrogens is 226 g/mol. The maximum atomic E-state index is 5.87. The van der Waals surface area contributed by atoms with Gasteiger partial charge in [-0.2, -0.15) is 0 Å². The molecule has 1 aromatic carbocycles. The van der Waals surface area contributed by atoms with Gasteiger partial charge in [-0.15, -0.1) is 0 Å². The van der Waals surface area contributed by atoms with Crippen LogP contribution in [0.4, 0.5) is 0 Å². The molecule has 1 rings (SSSR count). The van der Waals surface area contributed by atoms with Crippen LogP contribution in [0.25, 0.3) is 0 Å². The zero-order valence-electron chi connectivity index (χ0n) is 11.9. The van der Waals surface area contributed by atoms with E-state index in [1.54, 1.807) is 7.11 Å². The summed E-state index contributed by atoms with van der Waals surface area (Å²) >= 11 is 0. The van der Waals surface area contributed by atoms with Gasteiger partial charge in [0, 0.05) is 19.7 Å². The molecule has 0 heterocycles. The lowest BCUT2D eigenvalue weighted by Crippen LogP contribution is -2.29. The van der Waals surface area contributed by atoms with Crippen LogP contribution >= 0.6 is 0 Å². The number of hydrogen-bond acceptors (Lipinski definition) is 3. The van der Waals surface area contributed by atoms with Gasteiger partial charge in [-0.25, -0.2) is 0 Å². The molecule has 18 heavy (non-hydrogen) atoms. The van der Waals surface area contributed by atoms with E-state index < -0.39 is 0 Å². The standard InChI is InChI=1S/C15H25NO2/c1-12(2)16-11-15(18-10-9-17-4)14-7-5-13(3)6-8-14/h5-8,12,15-16H,9-11H2,1-4H3. The molecule has 0 saturated carbocycles. The topological polar surface area (TPSA) is 30.5 Å². The number of ether oxygens (including phenoxy) is 2. The van der Waals surface area contributed by atoms with Gasteiger partial charge >= 0.3 is 0 Å². The van der Waals surface area contributed by atoms with E-state index in [0.29, 0.717) is 19.3 Å². The highest BCUT2D eigenvalue weighted by Gasteiger charge is 2.12. The summed E-state index contributed by atoms with van der Waals surface area (Å²) < 4.78 is 10.9. The molecule has 0 aliphatic carbocycles. The van der Waals surface area contributed by atoms with Crippen molar-refractivity contribution in [1.82, 2.24) is 5.32 Å². The third kappa shape index (κ3) is 5.63. The van der Waals surface area contributed by atoms with E-state index in [2.05, 4.69) is 50.4 Å². The van der Waals surface area contributed by atoms with Gasteiger partial charge in [0.15, 0.2) is 0 Å². The van der Waals surface area contributed by atoms with Crippen molar-refractivity contribution in [3.63, 3.8) is 0 Å². The Hall–Kier alpha value is -0.900. The minimum atomic E-state index is 0.0862. The molecule has 0 saturated heterocycles. The minimum Gasteiger partial charge on any atom is -0.382 e. The van der Waals surface area contributed by atoms with Crippen molar-refractivity contribution < 1.29 is 9.47 Å². The maximum absolute atomic E-state index is 5.87. The van der Waals surface area contributed by atoms with Crippen LogP contribution in [-0.4, -0.2) is 32.9 Å². The van der Waals surface area contributed by atoms with Crippen LogP contribution in [0.2, 0.25) is 0 Å². The van der Waals surface area contributed by atoms with Crippen molar-refractivity contribution in [3.05, 3.63) is 35.4 Å². The Kier molecular flexibility index (Phi) is 6.94. The van der Waals surface area contributed by atoms with E-state index in [-0.39, 0.29) is 6.10 Å². The van der Waals surface area contributed by atoms with Gasteiger partial charge in [0.1, 0.15) is 0 Å². The first-order valence-corrected chi connectivity index (χ1v) is 6.54. The highest BCUT2D eigenvalue weighted by molar-refractivity contribution is 5.23. The molecule has 3 heteroatoms. The van der Waals surface area contributed by atoms with Gasteiger partial charge < -0.3 is 14.8 Å². The van der Waals surface area contributed by atoms with Crippen molar-refractivity contribution in [1.29, 1.82) is 0 Å². The smallest absolute Gasteiger partial charge is 0.0950 e. The first-order chi connectivity index (χ1) is 8.63. The Balaban J connectivity index is 2.60. The molecule has 0 aliphatic rings. The molecule has 0 bridgehead atoms. The summed E-state index contributed by atoms with van der Waals surface area (Å²) in [7, 11) is 1.69. The predicted molar refractivity (Wildman–Crippen MR) is 74.9 cm³/mol. The minimum absolute atomic E-state index is 0.0862. The zero-order chi connectivity index (χ0) is 13.4. The van der Waals surface area contributed by atoms with Crippen molar-refractivity contribution >= 4 is 0 Å². The van der Waals surface area contributed by atoms with Crippen LogP contribution in [0.3, 0.4) is 0 Å². The molecular formula is C15H25NO2. The van der Waals surface area contributed by atoms with E-state index >= 15 is 0 Å². The summed E-state index contributed by atoms with van der Waals surface area (Å²) in [4.78, 5) is 0. The SMILES string of the molecule is COCCOC(CNC(C)C)c1ccc(C)cc1. The second-order valence-electron chi connectivity index (χ2n) is 4.83. The molecule has 1 aromatic rings. The fourth-order valence-electron chi connectivity index (χ4n) is 1.67. The fraction of sp³-hybridized carbons (Fsp3) is 0.600. The molecule has 1 atom stereocenters. The molecule has 3 nitrogen and oxygen atoms in total. The molecule has 0 radical (unpaired) electrons. The quantitative estimate of drug-likeness (QED) is 0.721. The summed E-state index contributed by atoms with van der Waals surface area (Å²) in [6.45, 7) is 8.45. The molecule has 0 spiro atoms. The Morgan fingerprint density at radius 2 is 1.78 bits per heavy atom. The first kappa shape index (κ1) is 15.2. The van der Waals surface area contributed by atoms with E-state index in [1.165, 1.54) is 11.1 Å². The van der Waals surface area contributed by atoms with Crippen LogP contribution in [0.15, 0.2) is 24.3 Å². The number of nitrogens with one attached hydrogen (secondary N) is 1. The summed E-state index contributed by atoms with van der Waals surface area (Å²) in [5.41, 5.74) is 2.48. The van der Waals surface area contributed by atoms with Crippen molar-refractivity contribution in [2.75, 3.05) is 26.9 Å². The van der Waals surface area contributed by atoms with Crippen molar-refractivity contribution in [2.24, 2.45) is 0 Å². The Morgan fingerprint density at radius 1 is 1.11 bits per heavy atom. The lowest BCUT2D eigenvalue weighted by atomic mass is 10.1. The largest absolute Gasteiger partial charge is 0.382 e. The summed E-state index contributed by atoms with van der Waals surface area (Å²) in [6, 6.07) is 8.97. The fourth-order valence-corrected chi connectivity index (χ4v) is 1.67. The van der Waals surface area contributed by atoms with Crippen LogP contribution in [0.5, 0.6) is 0 Å². The molecule has 0 aromatic heterocycles. The molecule has 1 N–H and O–H groups in total. The van der Waals surface area contributed by atoms with Gasteiger partial charge in [0.2, 0.25) is 0 Å². The Labute approximate surface area is 110 Å². The van der Waals surface area contributed by atoms with E-state index in [1.807, 2.05) is 0 Å². The Bertz CT molecular complexity index is 322. The number of rotatable bonds is 8. The Morgan fingerprint density at radius 3 is 2.33 bits per heavy atom. The van der Waals surface area contributed by atoms with E-state index in [0.717, 1.165) is 6.54 Å². The highest BCUT2D eigenvalue weighted by atomic mass is 16.5. The van der Waals surface area contributed by atoms with Crippen LogP contribution in [0, 0.1) is 6.92 Å². The predicted octanol–water partition coefficient (Wildman–Crippen LogP) is 2.70. The monoisotopic (exact) mass is 251 g/mol. The third-order valence-electron chi connectivity index (χ3n) is 2.77. The van der Waals surface area contributed by atoms with Gasteiger partial charge in [-0.05, 0) is 12.5 Å². The summed E-state index contributed by atoms with van der Waals surface area (Å²) in [5.74, 6) is 0. The van der Waals surface area contributed by atoms with Crippen molar-refractivity contribution in [3.8, 4) is 0 Å². The first-order valence-electron chi connectivity index (χ1n) is 6.54. The van der Waals surface area contributed by atoms with Crippen LogP contribution in [0.1, 0.15) is 31.1 Å². The van der Waals surface area contributed by atoms with Gasteiger partial charge in [0.25, 0.3) is 0 Å². The lowest BCUT2D eigenvalue weighted by molar-refractivity contribution is 0.0158. The summed E-state index contributed by atoms with van der Waals surface area (Å²) in [6.07, 6.45) is 0.0862. The number of benzene rings is 1. The number of hydrogen-bond donors (Lipinski definition) is 1. The average molecular weight is 251 g/mol. The highest BCUT2D eigenvalue weighted by Crippen LogP contribution is 2.17. The van der Waals surface area contributed by atoms with Gasteiger partial charge in [-0.1, -0.05) is 43.7 Å². The molecule has 102 valence electrons. The average Bonchev–Trinajstić information content (AvgIpc) is 2.34. The van der Waals surface area contributed by atoms with Crippen molar-refractivity contribution in [2.45, 2.75) is 32.9 Å². The second kappa shape index (κ2) is 8.25. The van der Waals surface area contributed by atoms with Crippen LogP contribution in [-0.2, 0) is 9.47 Å². The summed E-state index contributed by atoms with van der Waals surface area (Å²) in [5, 5.41) is 3.42. The van der Waals surface area contributed by atoms with Crippen LogP contribution < -0.4 is 5.32 Å². The molecule has 0 amide bonds. The molecule has 1 unspecified atom stereocenters. The zero-order valence-corrected chi connectivity index (χ0v) is 11.9. The normalized spacial score (nSPS) is 12.9. The number of methoxy groups -OCH3 is 1. The lowest BCUT2D eigenvalue weighted by Gasteiger charge is -2.20. The van der Waals surface area contributed by atoms with E-state index in [4.69, 9.17) is 9.47 Å². The van der Waals surface area contributed by atoms with Gasteiger partial charge in [0.05, 0.1) is 19.3 Å².